The van der Waals surface area contributed by atoms with Crippen LogP contribution in [-0.4, -0.2) is 48.4 Å². The highest BCUT2D eigenvalue weighted by molar-refractivity contribution is 6.15. The molecule has 0 aromatic heterocycles. The minimum atomic E-state index is -1.53. The van der Waals surface area contributed by atoms with E-state index in [1.54, 1.807) is 79.9 Å². The molecule has 1 saturated heterocycles. The number of amides is 3. The van der Waals surface area contributed by atoms with Crippen molar-refractivity contribution in [2.75, 3.05) is 24.4 Å². The van der Waals surface area contributed by atoms with Gasteiger partial charge in [-0.15, -0.1) is 0 Å². The quantitative estimate of drug-likeness (QED) is 0.520. The maximum Gasteiger partial charge on any atom is 0.354 e. The molecule has 2 aliphatic heterocycles. The van der Waals surface area contributed by atoms with Gasteiger partial charge >= 0.3 is 5.97 Å². The smallest absolute Gasteiger partial charge is 0.354 e. The third kappa shape index (κ3) is 4.08. The highest BCUT2D eigenvalue weighted by atomic mass is 16.5. The third-order valence-electron chi connectivity index (χ3n) is 6.80. The molecule has 3 aromatic carbocycles. The van der Waals surface area contributed by atoms with E-state index in [-0.39, 0.29) is 37.2 Å². The van der Waals surface area contributed by atoms with Crippen LogP contribution in [0.15, 0.2) is 72.8 Å². The Kier molecular flexibility index (Phi) is 6.12. The molecule has 2 heterocycles. The van der Waals surface area contributed by atoms with Gasteiger partial charge in [-0.2, -0.15) is 0 Å². The highest BCUT2D eigenvalue weighted by Gasteiger charge is 2.60. The maximum absolute atomic E-state index is 13.4. The first kappa shape index (κ1) is 24.1. The van der Waals surface area contributed by atoms with Gasteiger partial charge in [-0.3, -0.25) is 19.3 Å². The Hall–Kier alpha value is -4.66. The number of ether oxygens (including phenoxy) is 2. The molecule has 3 amide bonds. The number of nitrogens with one attached hydrogen (secondary N) is 1. The van der Waals surface area contributed by atoms with Crippen LogP contribution in [0.5, 0.6) is 5.75 Å². The number of para-hydroxylation sites is 1. The Balaban J connectivity index is 1.28. The van der Waals surface area contributed by atoms with E-state index in [4.69, 9.17) is 9.47 Å². The van der Waals surface area contributed by atoms with Crippen LogP contribution in [0.2, 0.25) is 0 Å². The fraction of sp³-hybridized carbons (Fsp3) is 0.214. The van der Waals surface area contributed by atoms with Crippen LogP contribution < -0.4 is 15.0 Å². The van der Waals surface area contributed by atoms with Gasteiger partial charge < -0.3 is 19.7 Å². The molecule has 2 aliphatic rings. The van der Waals surface area contributed by atoms with Crippen LogP contribution in [0.25, 0.3) is 0 Å². The monoisotopic (exact) mass is 499 g/mol. The minimum absolute atomic E-state index is 0.0767. The minimum Gasteiger partial charge on any atom is -0.497 e. The van der Waals surface area contributed by atoms with E-state index < -0.39 is 11.6 Å². The molecule has 0 radical (unpaired) electrons. The molecule has 1 N–H and O–H groups in total. The summed E-state index contributed by atoms with van der Waals surface area (Å²) in [6.45, 7) is -0.0767. The fourth-order valence-electron chi connectivity index (χ4n) is 4.79. The Morgan fingerprint density at radius 1 is 0.973 bits per heavy atom. The zero-order valence-electron chi connectivity index (χ0n) is 20.4. The van der Waals surface area contributed by atoms with Crippen molar-refractivity contribution in [3.63, 3.8) is 0 Å². The van der Waals surface area contributed by atoms with E-state index >= 15 is 0 Å². The van der Waals surface area contributed by atoms with Gasteiger partial charge in [0.25, 0.3) is 11.8 Å². The van der Waals surface area contributed by atoms with Crippen molar-refractivity contribution in [2.45, 2.75) is 25.1 Å². The summed E-state index contributed by atoms with van der Waals surface area (Å²) < 4.78 is 10.8. The first-order chi connectivity index (χ1) is 17.8. The van der Waals surface area contributed by atoms with E-state index in [0.29, 0.717) is 33.8 Å². The number of nitrogens with zero attached hydrogens (tertiary/aromatic N) is 2. The van der Waals surface area contributed by atoms with E-state index in [2.05, 4.69) is 5.32 Å². The van der Waals surface area contributed by atoms with Crippen molar-refractivity contribution in [3.8, 4) is 5.75 Å². The van der Waals surface area contributed by atoms with Crippen LogP contribution in [0, 0.1) is 0 Å². The predicted octanol–water partition coefficient (Wildman–Crippen LogP) is 3.60. The van der Waals surface area contributed by atoms with Gasteiger partial charge in [0.05, 0.1) is 18.4 Å². The summed E-state index contributed by atoms with van der Waals surface area (Å²) in [6, 6.07) is 20.4. The lowest BCUT2D eigenvalue weighted by atomic mass is 9.97. The van der Waals surface area contributed by atoms with Crippen molar-refractivity contribution < 1.29 is 28.7 Å². The first-order valence-corrected chi connectivity index (χ1v) is 11.8. The molecule has 0 spiro atoms. The number of hydrogen-bond acceptors (Lipinski definition) is 6. The molecule has 0 aliphatic carbocycles. The number of benzene rings is 3. The number of hydrogen-bond donors (Lipinski definition) is 1. The first-order valence-electron chi connectivity index (χ1n) is 11.8. The molecule has 188 valence electrons. The molecule has 0 unspecified atom stereocenters. The van der Waals surface area contributed by atoms with Crippen LogP contribution in [0.3, 0.4) is 0 Å². The summed E-state index contributed by atoms with van der Waals surface area (Å²) in [5.41, 5.74) is 0.981. The SMILES string of the molecule is COc1ccc(NC(=O)c2ccc(COC(=O)[C@]34CCC(=O)N3c3ccccc3C(=O)N4C)cc2)cc1. The van der Waals surface area contributed by atoms with Crippen molar-refractivity contribution in [3.05, 3.63) is 89.5 Å². The molecule has 9 heteroatoms. The largest absolute Gasteiger partial charge is 0.497 e. The van der Waals surface area contributed by atoms with Gasteiger partial charge in [0.15, 0.2) is 0 Å². The van der Waals surface area contributed by atoms with Crippen LogP contribution in [-0.2, 0) is 20.9 Å². The second-order valence-corrected chi connectivity index (χ2v) is 8.88. The number of rotatable bonds is 6. The Morgan fingerprint density at radius 3 is 2.38 bits per heavy atom. The highest BCUT2D eigenvalue weighted by Crippen LogP contribution is 2.44. The molecule has 37 heavy (non-hydrogen) atoms. The molecule has 1 atom stereocenters. The Morgan fingerprint density at radius 2 is 1.68 bits per heavy atom. The third-order valence-corrected chi connectivity index (χ3v) is 6.80. The van der Waals surface area contributed by atoms with Crippen molar-refractivity contribution in [2.24, 2.45) is 0 Å². The molecular formula is C28H25N3O6. The second-order valence-electron chi connectivity index (χ2n) is 8.88. The number of esters is 1. The number of carbonyl (C=O) groups is 4. The molecule has 1 fully saturated rings. The van der Waals surface area contributed by atoms with E-state index in [1.807, 2.05) is 0 Å². The summed E-state index contributed by atoms with van der Waals surface area (Å²) in [7, 11) is 3.09. The maximum atomic E-state index is 13.4. The van der Waals surface area contributed by atoms with E-state index in [9.17, 15) is 19.2 Å². The summed E-state index contributed by atoms with van der Waals surface area (Å²) >= 11 is 0. The van der Waals surface area contributed by atoms with Crippen LogP contribution in [0.1, 0.15) is 39.1 Å². The predicted molar refractivity (Wildman–Crippen MR) is 135 cm³/mol. The summed E-state index contributed by atoms with van der Waals surface area (Å²) in [4.78, 5) is 54.5. The van der Waals surface area contributed by atoms with Crippen LogP contribution in [0.4, 0.5) is 11.4 Å². The molecule has 3 aromatic rings. The number of anilines is 2. The van der Waals surface area contributed by atoms with Gasteiger partial charge in [0, 0.05) is 31.1 Å². The van der Waals surface area contributed by atoms with Crippen molar-refractivity contribution in [1.82, 2.24) is 4.90 Å². The summed E-state index contributed by atoms with van der Waals surface area (Å²) in [6.07, 6.45) is 0.269. The number of methoxy groups -OCH3 is 1. The molecular weight excluding hydrogens is 474 g/mol. The zero-order chi connectivity index (χ0) is 26.2. The van der Waals surface area contributed by atoms with Gasteiger partial charge in [-0.25, -0.2) is 4.79 Å². The Labute approximate surface area is 213 Å². The van der Waals surface area contributed by atoms with Gasteiger partial charge in [0.2, 0.25) is 11.6 Å². The topological polar surface area (TPSA) is 105 Å². The van der Waals surface area contributed by atoms with Gasteiger partial charge in [-0.05, 0) is 54.1 Å². The molecule has 5 rings (SSSR count). The van der Waals surface area contributed by atoms with Gasteiger partial charge in [-0.1, -0.05) is 24.3 Å². The molecule has 0 saturated carbocycles. The molecule has 9 nitrogen and oxygen atoms in total. The summed E-state index contributed by atoms with van der Waals surface area (Å²) in [5.74, 6) is -0.852. The van der Waals surface area contributed by atoms with E-state index in [1.165, 1.54) is 16.8 Å². The lowest BCUT2D eigenvalue weighted by molar-refractivity contribution is -0.157. The zero-order valence-corrected chi connectivity index (χ0v) is 20.4. The summed E-state index contributed by atoms with van der Waals surface area (Å²) in [5, 5.41) is 2.81. The van der Waals surface area contributed by atoms with Crippen molar-refractivity contribution in [1.29, 1.82) is 0 Å². The second kappa shape index (κ2) is 9.42. The van der Waals surface area contributed by atoms with Crippen LogP contribution >= 0.6 is 0 Å². The lowest BCUT2D eigenvalue weighted by Crippen LogP contribution is -2.67. The number of fused-ring (bicyclic) bond motifs is 3. The average molecular weight is 500 g/mol. The lowest BCUT2D eigenvalue weighted by Gasteiger charge is -2.46. The standard InChI is InChI=1S/C28H25N3O6/c1-30-26(34)22-5-3-4-6-23(22)31-24(32)15-16-28(30,31)27(35)37-17-18-7-9-19(10-8-18)25(33)29-20-11-13-21(36-2)14-12-20/h3-14H,15-17H2,1-2H3,(H,29,33)/t28-/m0/s1. The number of likely N-dealkylation sites (N-methyl/N-ethyl adjacent to an activating group) is 1. The number of carbonyl (C=O) groups excluding carboxylic acids is 4. The van der Waals surface area contributed by atoms with Gasteiger partial charge in [0.1, 0.15) is 12.4 Å². The molecule has 0 bridgehead atoms. The van der Waals surface area contributed by atoms with E-state index in [0.717, 1.165) is 0 Å². The normalized spacial score (nSPS) is 18.2. The average Bonchev–Trinajstić information content (AvgIpc) is 3.29. The Bertz CT molecular complexity index is 1390. The van der Waals surface area contributed by atoms with Crippen molar-refractivity contribution >= 4 is 35.1 Å². The fourth-order valence-corrected chi connectivity index (χ4v) is 4.79.